The molecule has 5 heteroatoms. The normalized spacial score (nSPS) is 12.5. The zero-order valence-electron chi connectivity index (χ0n) is 15.1. The summed E-state index contributed by atoms with van der Waals surface area (Å²) in [6.45, 7) is 14.6. The minimum absolute atomic E-state index is 0.561. The summed E-state index contributed by atoms with van der Waals surface area (Å²) in [6, 6.07) is 3.23. The number of hydrogen-bond acceptors (Lipinski definition) is 2. The largest absolute Gasteiger partial charge is 0.357 e. The molecule has 1 aromatic heterocycles. The number of aromatic nitrogens is 1. The van der Waals surface area contributed by atoms with E-state index in [1.54, 1.807) is 0 Å². The summed E-state index contributed by atoms with van der Waals surface area (Å²) in [5.41, 5.74) is 1.23. The second-order valence-electron chi connectivity index (χ2n) is 6.23. The van der Waals surface area contributed by atoms with Crippen molar-refractivity contribution < 1.29 is 0 Å². The summed E-state index contributed by atoms with van der Waals surface area (Å²) in [6.07, 6.45) is 4.15. The van der Waals surface area contributed by atoms with Crippen LogP contribution in [0.2, 0.25) is 0 Å². The van der Waals surface area contributed by atoms with Crippen LogP contribution in [0.1, 0.15) is 40.2 Å². The SMILES string of the molecule is CCNC(=NCc1ccn(C)c1)NCCN(C(C)C)C(C)C. The van der Waals surface area contributed by atoms with Crippen LogP contribution in [-0.4, -0.2) is 47.1 Å². The van der Waals surface area contributed by atoms with Crippen LogP contribution in [0, 0.1) is 0 Å². The smallest absolute Gasteiger partial charge is 0.191 e. The Bertz CT molecular complexity index is 440. The van der Waals surface area contributed by atoms with Crippen LogP contribution in [0.15, 0.2) is 23.5 Å². The topological polar surface area (TPSA) is 44.6 Å². The van der Waals surface area contributed by atoms with E-state index >= 15 is 0 Å². The molecule has 0 aliphatic heterocycles. The first-order valence-electron chi connectivity index (χ1n) is 8.32. The maximum absolute atomic E-state index is 4.65. The van der Waals surface area contributed by atoms with Gasteiger partial charge in [-0.3, -0.25) is 4.90 Å². The summed E-state index contributed by atoms with van der Waals surface area (Å²) in [5, 5.41) is 6.73. The molecule has 0 unspecified atom stereocenters. The van der Waals surface area contributed by atoms with E-state index in [9.17, 15) is 0 Å². The molecule has 1 heterocycles. The van der Waals surface area contributed by atoms with Crippen LogP contribution in [0.25, 0.3) is 0 Å². The van der Waals surface area contributed by atoms with Crippen molar-refractivity contribution >= 4 is 5.96 Å². The van der Waals surface area contributed by atoms with E-state index in [1.165, 1.54) is 5.56 Å². The van der Waals surface area contributed by atoms with Crippen LogP contribution >= 0.6 is 0 Å². The Morgan fingerprint density at radius 3 is 2.41 bits per heavy atom. The lowest BCUT2D eigenvalue weighted by molar-refractivity contribution is 0.178. The van der Waals surface area contributed by atoms with E-state index in [-0.39, 0.29) is 0 Å². The van der Waals surface area contributed by atoms with Crippen molar-refractivity contribution in [1.29, 1.82) is 0 Å². The summed E-state index contributed by atoms with van der Waals surface area (Å²) in [7, 11) is 2.03. The molecule has 0 fully saturated rings. The highest BCUT2D eigenvalue weighted by molar-refractivity contribution is 5.79. The fraction of sp³-hybridized carbons (Fsp3) is 0.706. The third kappa shape index (κ3) is 6.52. The molecule has 0 aliphatic carbocycles. The van der Waals surface area contributed by atoms with E-state index in [4.69, 9.17) is 0 Å². The monoisotopic (exact) mass is 307 g/mol. The van der Waals surface area contributed by atoms with Gasteiger partial charge in [0.25, 0.3) is 0 Å². The summed E-state index contributed by atoms with van der Waals surface area (Å²) in [5.74, 6) is 0.888. The molecular formula is C17H33N5. The van der Waals surface area contributed by atoms with E-state index in [0.29, 0.717) is 18.6 Å². The number of nitrogens with zero attached hydrogens (tertiary/aromatic N) is 3. The molecule has 22 heavy (non-hydrogen) atoms. The van der Waals surface area contributed by atoms with Gasteiger partial charge in [-0.1, -0.05) is 0 Å². The van der Waals surface area contributed by atoms with Gasteiger partial charge >= 0.3 is 0 Å². The average Bonchev–Trinajstić information content (AvgIpc) is 2.85. The predicted molar refractivity (Wildman–Crippen MR) is 95.2 cm³/mol. The van der Waals surface area contributed by atoms with E-state index < -0.39 is 0 Å². The van der Waals surface area contributed by atoms with Gasteiger partial charge in [0, 0.05) is 51.2 Å². The van der Waals surface area contributed by atoms with Crippen molar-refractivity contribution in [2.24, 2.45) is 12.0 Å². The quantitative estimate of drug-likeness (QED) is 0.572. The molecule has 0 amide bonds. The zero-order chi connectivity index (χ0) is 16.5. The Morgan fingerprint density at radius 1 is 1.23 bits per heavy atom. The lowest BCUT2D eigenvalue weighted by Crippen LogP contribution is -2.45. The molecule has 0 saturated heterocycles. The Morgan fingerprint density at radius 2 is 1.91 bits per heavy atom. The average molecular weight is 307 g/mol. The molecule has 0 aromatic carbocycles. The van der Waals surface area contributed by atoms with Gasteiger partial charge in [-0.05, 0) is 46.2 Å². The number of guanidine groups is 1. The number of rotatable bonds is 8. The van der Waals surface area contributed by atoms with Crippen LogP contribution in [-0.2, 0) is 13.6 Å². The van der Waals surface area contributed by atoms with Crippen LogP contribution in [0.3, 0.4) is 0 Å². The summed E-state index contributed by atoms with van der Waals surface area (Å²) in [4.78, 5) is 7.13. The van der Waals surface area contributed by atoms with Crippen molar-refractivity contribution in [2.75, 3.05) is 19.6 Å². The van der Waals surface area contributed by atoms with Gasteiger partial charge in [-0.25, -0.2) is 4.99 Å². The Hall–Kier alpha value is -1.49. The van der Waals surface area contributed by atoms with Crippen molar-refractivity contribution in [3.05, 3.63) is 24.0 Å². The minimum atomic E-state index is 0.561. The molecule has 0 aliphatic rings. The summed E-state index contributed by atoms with van der Waals surface area (Å²) >= 11 is 0. The highest BCUT2D eigenvalue weighted by atomic mass is 15.2. The first kappa shape index (κ1) is 18.6. The second kappa shape index (κ2) is 9.51. The highest BCUT2D eigenvalue weighted by Gasteiger charge is 2.12. The van der Waals surface area contributed by atoms with Gasteiger partial charge in [-0.15, -0.1) is 0 Å². The molecule has 126 valence electrons. The predicted octanol–water partition coefficient (Wildman–Crippen LogP) is 2.20. The molecule has 0 bridgehead atoms. The molecule has 0 atom stereocenters. The van der Waals surface area contributed by atoms with E-state index in [1.807, 2.05) is 17.8 Å². The lowest BCUT2D eigenvalue weighted by Gasteiger charge is -2.30. The molecular weight excluding hydrogens is 274 g/mol. The molecule has 0 radical (unpaired) electrons. The Balaban J connectivity index is 2.49. The molecule has 5 nitrogen and oxygen atoms in total. The minimum Gasteiger partial charge on any atom is -0.357 e. The van der Waals surface area contributed by atoms with Crippen molar-refractivity contribution in [1.82, 2.24) is 20.1 Å². The number of aryl methyl sites for hydroxylation is 1. The number of aliphatic imine (C=N–C) groups is 1. The fourth-order valence-corrected chi connectivity index (χ4v) is 2.58. The van der Waals surface area contributed by atoms with E-state index in [0.717, 1.165) is 25.6 Å². The third-order valence-electron chi connectivity index (χ3n) is 3.65. The third-order valence-corrected chi connectivity index (χ3v) is 3.65. The Kier molecular flexibility index (Phi) is 8.02. The van der Waals surface area contributed by atoms with Gasteiger partial charge in [0.1, 0.15) is 0 Å². The Labute approximate surface area is 135 Å². The zero-order valence-corrected chi connectivity index (χ0v) is 15.1. The number of hydrogen-bond donors (Lipinski definition) is 2. The number of nitrogens with one attached hydrogen (secondary N) is 2. The van der Waals surface area contributed by atoms with Gasteiger partial charge < -0.3 is 15.2 Å². The van der Waals surface area contributed by atoms with Crippen molar-refractivity contribution in [3.63, 3.8) is 0 Å². The lowest BCUT2D eigenvalue weighted by atomic mass is 10.2. The van der Waals surface area contributed by atoms with Crippen LogP contribution in [0.4, 0.5) is 0 Å². The highest BCUT2D eigenvalue weighted by Crippen LogP contribution is 2.03. The van der Waals surface area contributed by atoms with Crippen LogP contribution < -0.4 is 10.6 Å². The van der Waals surface area contributed by atoms with Gasteiger partial charge in [-0.2, -0.15) is 0 Å². The molecule has 0 saturated carbocycles. The van der Waals surface area contributed by atoms with Crippen LogP contribution in [0.5, 0.6) is 0 Å². The second-order valence-corrected chi connectivity index (χ2v) is 6.23. The van der Waals surface area contributed by atoms with Gasteiger partial charge in [0.05, 0.1) is 6.54 Å². The van der Waals surface area contributed by atoms with E-state index in [2.05, 4.69) is 67.4 Å². The maximum atomic E-state index is 4.65. The molecule has 1 aromatic rings. The van der Waals surface area contributed by atoms with Gasteiger partial charge in [0.2, 0.25) is 0 Å². The molecule has 0 spiro atoms. The first-order chi connectivity index (χ1) is 10.4. The fourth-order valence-electron chi connectivity index (χ4n) is 2.58. The van der Waals surface area contributed by atoms with Crippen molar-refractivity contribution in [2.45, 2.75) is 53.2 Å². The van der Waals surface area contributed by atoms with Crippen molar-refractivity contribution in [3.8, 4) is 0 Å². The maximum Gasteiger partial charge on any atom is 0.191 e. The molecule has 2 N–H and O–H groups in total. The molecule has 1 rings (SSSR count). The van der Waals surface area contributed by atoms with Gasteiger partial charge in [0.15, 0.2) is 5.96 Å². The summed E-state index contributed by atoms with van der Waals surface area (Å²) < 4.78 is 2.05. The first-order valence-corrected chi connectivity index (χ1v) is 8.32. The standard InChI is InChI=1S/C17H33N5/c1-7-18-17(20-12-16-8-10-21(6)13-16)19-9-11-22(14(2)3)15(4)5/h8,10,13-15H,7,9,11-12H2,1-6H3,(H2,18,19,20).